The van der Waals surface area contributed by atoms with Crippen LogP contribution in [0.1, 0.15) is 45.7 Å². The van der Waals surface area contributed by atoms with Gasteiger partial charge in [0.1, 0.15) is 4.88 Å². The van der Waals surface area contributed by atoms with E-state index < -0.39 is 0 Å². The molecule has 1 N–H and O–H groups in total. The van der Waals surface area contributed by atoms with Crippen molar-refractivity contribution in [3.05, 3.63) is 11.6 Å². The smallest absolute Gasteiger partial charge is 0.261 e. The Kier molecular flexibility index (Phi) is 4.82. The Bertz CT molecular complexity index is 543. The van der Waals surface area contributed by atoms with Crippen LogP contribution < -0.4 is 5.32 Å². The van der Waals surface area contributed by atoms with E-state index in [-0.39, 0.29) is 5.54 Å². The first-order chi connectivity index (χ1) is 9.49. The van der Waals surface area contributed by atoms with Crippen molar-refractivity contribution in [2.24, 2.45) is 0 Å². The van der Waals surface area contributed by atoms with Gasteiger partial charge in [0, 0.05) is 12.0 Å². The van der Waals surface area contributed by atoms with Crippen LogP contribution in [0.15, 0.2) is 4.42 Å². The molecule has 2 rings (SSSR count). The zero-order valence-corrected chi connectivity index (χ0v) is 13.3. The summed E-state index contributed by atoms with van der Waals surface area (Å²) < 4.78 is 9.62. The third-order valence-electron chi connectivity index (χ3n) is 2.77. The molecule has 2 heterocycles. The minimum atomic E-state index is 0.143. The van der Waals surface area contributed by atoms with Crippen molar-refractivity contribution in [3.63, 3.8) is 0 Å². The SMILES string of the molecule is CCc1nnsc1-c1nnc(CCCNC(C)(C)C)o1. The normalized spacial score (nSPS) is 12.0. The summed E-state index contributed by atoms with van der Waals surface area (Å²) in [4.78, 5) is 0.888. The van der Waals surface area contributed by atoms with Gasteiger partial charge in [-0.15, -0.1) is 15.3 Å². The summed E-state index contributed by atoms with van der Waals surface area (Å²) in [5.41, 5.74) is 1.06. The number of nitrogens with one attached hydrogen (secondary N) is 1. The van der Waals surface area contributed by atoms with Crippen LogP contribution >= 0.6 is 11.5 Å². The summed E-state index contributed by atoms with van der Waals surface area (Å²) >= 11 is 1.30. The molecule has 110 valence electrons. The number of aromatic nitrogens is 4. The van der Waals surface area contributed by atoms with Gasteiger partial charge >= 0.3 is 0 Å². The molecule has 0 radical (unpaired) electrons. The Balaban J connectivity index is 1.90. The molecule has 0 saturated carbocycles. The third-order valence-corrected chi connectivity index (χ3v) is 3.53. The molecule has 0 bridgehead atoms. The van der Waals surface area contributed by atoms with Crippen molar-refractivity contribution in [1.29, 1.82) is 0 Å². The highest BCUT2D eigenvalue weighted by Crippen LogP contribution is 2.25. The summed E-state index contributed by atoms with van der Waals surface area (Å²) in [6.45, 7) is 9.43. The van der Waals surface area contributed by atoms with E-state index >= 15 is 0 Å². The van der Waals surface area contributed by atoms with Gasteiger partial charge in [0.05, 0.1) is 5.69 Å². The number of hydrogen-bond acceptors (Lipinski definition) is 7. The molecule has 6 nitrogen and oxygen atoms in total. The van der Waals surface area contributed by atoms with E-state index in [1.165, 1.54) is 11.5 Å². The van der Waals surface area contributed by atoms with Crippen LogP contribution in [0.3, 0.4) is 0 Å². The molecule has 0 aliphatic heterocycles. The first kappa shape index (κ1) is 15.1. The van der Waals surface area contributed by atoms with Gasteiger partial charge in [-0.3, -0.25) is 0 Å². The van der Waals surface area contributed by atoms with Crippen LogP contribution in [-0.2, 0) is 12.8 Å². The van der Waals surface area contributed by atoms with E-state index in [2.05, 4.69) is 45.9 Å². The Morgan fingerprint density at radius 3 is 2.70 bits per heavy atom. The number of rotatable bonds is 6. The molecule has 0 fully saturated rings. The molecule has 0 saturated heterocycles. The lowest BCUT2D eigenvalue weighted by Gasteiger charge is -2.19. The maximum atomic E-state index is 5.68. The highest BCUT2D eigenvalue weighted by molar-refractivity contribution is 7.09. The Morgan fingerprint density at radius 2 is 2.00 bits per heavy atom. The topological polar surface area (TPSA) is 76.7 Å². The van der Waals surface area contributed by atoms with Crippen LogP contribution in [0, 0.1) is 0 Å². The van der Waals surface area contributed by atoms with E-state index in [0.29, 0.717) is 11.8 Å². The predicted octanol–water partition coefficient (Wildman–Crippen LogP) is 2.47. The van der Waals surface area contributed by atoms with Crippen molar-refractivity contribution in [2.45, 2.75) is 52.5 Å². The molecule has 0 aliphatic rings. The van der Waals surface area contributed by atoms with E-state index in [1.54, 1.807) is 0 Å². The van der Waals surface area contributed by atoms with Crippen molar-refractivity contribution in [3.8, 4) is 10.8 Å². The van der Waals surface area contributed by atoms with Gasteiger partial charge in [0.25, 0.3) is 5.89 Å². The second kappa shape index (κ2) is 6.41. The molecule has 0 unspecified atom stereocenters. The van der Waals surface area contributed by atoms with Gasteiger partial charge in [-0.1, -0.05) is 11.4 Å². The summed E-state index contributed by atoms with van der Waals surface area (Å²) in [6, 6.07) is 0. The summed E-state index contributed by atoms with van der Waals surface area (Å²) in [5.74, 6) is 1.21. The lowest BCUT2D eigenvalue weighted by molar-refractivity contribution is 0.413. The molecule has 0 amide bonds. The summed E-state index contributed by atoms with van der Waals surface area (Å²) in [5, 5.41) is 15.7. The molecular formula is C13H21N5OS. The monoisotopic (exact) mass is 295 g/mol. The van der Waals surface area contributed by atoms with Crippen LogP contribution in [0.4, 0.5) is 0 Å². The van der Waals surface area contributed by atoms with Crippen LogP contribution in [0.5, 0.6) is 0 Å². The molecular weight excluding hydrogens is 274 g/mol. The average molecular weight is 295 g/mol. The maximum absolute atomic E-state index is 5.68. The van der Waals surface area contributed by atoms with Gasteiger partial charge in [0.2, 0.25) is 5.89 Å². The van der Waals surface area contributed by atoms with Crippen LogP contribution in [-0.4, -0.2) is 31.9 Å². The zero-order chi connectivity index (χ0) is 14.6. The predicted molar refractivity (Wildman–Crippen MR) is 78.7 cm³/mol. The molecule has 0 spiro atoms. The number of aryl methyl sites for hydroxylation is 2. The van der Waals surface area contributed by atoms with Gasteiger partial charge in [-0.05, 0) is 51.7 Å². The maximum Gasteiger partial charge on any atom is 0.261 e. The summed E-state index contributed by atoms with van der Waals surface area (Å²) in [6.07, 6.45) is 2.57. The Labute approximate surface area is 123 Å². The molecule has 2 aromatic rings. The first-order valence-electron chi connectivity index (χ1n) is 6.88. The van der Waals surface area contributed by atoms with Gasteiger partial charge in [-0.2, -0.15) is 0 Å². The Hall–Kier alpha value is -1.34. The van der Waals surface area contributed by atoms with Crippen molar-refractivity contribution < 1.29 is 4.42 Å². The fourth-order valence-corrected chi connectivity index (χ4v) is 2.42. The quantitative estimate of drug-likeness (QED) is 0.825. The lowest BCUT2D eigenvalue weighted by Crippen LogP contribution is -2.36. The largest absolute Gasteiger partial charge is 0.420 e. The van der Waals surface area contributed by atoms with Crippen LogP contribution in [0.25, 0.3) is 10.8 Å². The molecule has 0 aromatic carbocycles. The second-order valence-electron chi connectivity index (χ2n) is 5.68. The van der Waals surface area contributed by atoms with Gasteiger partial charge < -0.3 is 9.73 Å². The van der Waals surface area contributed by atoms with E-state index in [4.69, 9.17) is 4.42 Å². The number of hydrogen-bond donors (Lipinski definition) is 1. The van der Waals surface area contributed by atoms with Crippen molar-refractivity contribution in [1.82, 2.24) is 25.1 Å². The van der Waals surface area contributed by atoms with Crippen molar-refractivity contribution >= 4 is 11.5 Å². The van der Waals surface area contributed by atoms with E-state index in [1.807, 2.05) is 6.92 Å². The Morgan fingerprint density at radius 1 is 1.20 bits per heavy atom. The minimum absolute atomic E-state index is 0.143. The van der Waals surface area contributed by atoms with Crippen LogP contribution in [0.2, 0.25) is 0 Å². The fourth-order valence-electron chi connectivity index (χ4n) is 1.75. The lowest BCUT2D eigenvalue weighted by atomic mass is 10.1. The van der Waals surface area contributed by atoms with E-state index in [0.717, 1.165) is 36.4 Å². The standard InChI is InChI=1S/C13H21N5OS/c1-5-9-11(20-18-15-9)12-17-16-10(19-12)7-6-8-14-13(2,3)4/h14H,5-8H2,1-4H3. The third kappa shape index (κ3) is 4.08. The molecule has 2 aromatic heterocycles. The van der Waals surface area contributed by atoms with Crippen molar-refractivity contribution in [2.75, 3.05) is 6.54 Å². The highest BCUT2D eigenvalue weighted by atomic mass is 32.1. The molecule has 7 heteroatoms. The summed E-state index contributed by atoms with van der Waals surface area (Å²) in [7, 11) is 0. The minimum Gasteiger partial charge on any atom is -0.420 e. The van der Waals surface area contributed by atoms with E-state index in [9.17, 15) is 0 Å². The second-order valence-corrected chi connectivity index (χ2v) is 6.44. The molecule has 0 aliphatic carbocycles. The number of nitrogens with zero attached hydrogens (tertiary/aromatic N) is 4. The molecule has 20 heavy (non-hydrogen) atoms. The molecule has 0 atom stereocenters. The van der Waals surface area contributed by atoms with Gasteiger partial charge in [0.15, 0.2) is 0 Å². The average Bonchev–Trinajstić information content (AvgIpc) is 3.01. The highest BCUT2D eigenvalue weighted by Gasteiger charge is 2.16. The first-order valence-corrected chi connectivity index (χ1v) is 7.66. The zero-order valence-electron chi connectivity index (χ0n) is 12.4. The van der Waals surface area contributed by atoms with Gasteiger partial charge in [-0.25, -0.2) is 0 Å². The fraction of sp³-hybridized carbons (Fsp3) is 0.692.